The number of hydrogen-bond acceptors (Lipinski definition) is 5. The van der Waals surface area contributed by atoms with Crippen molar-refractivity contribution in [3.05, 3.63) is 54.1 Å². The minimum absolute atomic E-state index is 0.00370. The molecule has 0 saturated heterocycles. The summed E-state index contributed by atoms with van der Waals surface area (Å²) < 4.78 is 7.55. The molecule has 3 aromatic rings. The standard InChI is InChI=1S/C20H23N5O2/c1-13(2)9-19(26)23-16-5-7-17(8-6-16)27-20-11-18(21-12-22-20)25-15(4)10-14(3)24-25/h5-8,10-13H,9H2,1-4H3,(H,23,26). The first-order valence-corrected chi connectivity index (χ1v) is 8.84. The van der Waals surface area contributed by atoms with Gasteiger partial charge in [-0.15, -0.1) is 0 Å². The molecule has 0 radical (unpaired) electrons. The molecular formula is C20H23N5O2. The molecule has 0 atom stereocenters. The second-order valence-electron chi connectivity index (χ2n) is 6.83. The van der Waals surface area contributed by atoms with Crippen LogP contribution in [0.3, 0.4) is 0 Å². The molecule has 0 aliphatic heterocycles. The number of rotatable bonds is 6. The number of anilines is 1. The lowest BCUT2D eigenvalue weighted by Crippen LogP contribution is -2.13. The summed E-state index contributed by atoms with van der Waals surface area (Å²) in [7, 11) is 0. The molecule has 0 aliphatic rings. The predicted octanol–water partition coefficient (Wildman–Crippen LogP) is 4.06. The Balaban J connectivity index is 1.70. The van der Waals surface area contributed by atoms with Crippen LogP contribution in [0.1, 0.15) is 31.7 Å². The van der Waals surface area contributed by atoms with Crippen molar-refractivity contribution in [1.82, 2.24) is 19.7 Å². The first-order valence-electron chi connectivity index (χ1n) is 8.84. The van der Waals surface area contributed by atoms with Crippen LogP contribution in [0.4, 0.5) is 5.69 Å². The fraction of sp³-hybridized carbons (Fsp3) is 0.300. The number of aromatic nitrogens is 4. The molecular weight excluding hydrogens is 342 g/mol. The molecule has 0 fully saturated rings. The number of ether oxygens (including phenoxy) is 1. The van der Waals surface area contributed by atoms with Crippen molar-refractivity contribution >= 4 is 11.6 Å². The van der Waals surface area contributed by atoms with Crippen LogP contribution in [-0.4, -0.2) is 25.7 Å². The number of benzene rings is 1. The van der Waals surface area contributed by atoms with E-state index in [1.807, 2.05) is 33.8 Å². The highest BCUT2D eigenvalue weighted by atomic mass is 16.5. The lowest BCUT2D eigenvalue weighted by molar-refractivity contribution is -0.116. The summed E-state index contributed by atoms with van der Waals surface area (Å²) in [4.78, 5) is 20.2. The molecule has 140 valence electrons. The van der Waals surface area contributed by atoms with Gasteiger partial charge in [0.05, 0.1) is 5.69 Å². The van der Waals surface area contributed by atoms with Crippen LogP contribution in [0.5, 0.6) is 11.6 Å². The third-order valence-corrected chi connectivity index (χ3v) is 3.81. The molecule has 27 heavy (non-hydrogen) atoms. The van der Waals surface area contributed by atoms with E-state index in [4.69, 9.17) is 4.74 Å². The normalized spacial score (nSPS) is 10.9. The van der Waals surface area contributed by atoms with Crippen molar-refractivity contribution in [3.63, 3.8) is 0 Å². The van der Waals surface area contributed by atoms with Crippen molar-refractivity contribution in [3.8, 4) is 17.4 Å². The number of aryl methyl sites for hydroxylation is 2. The number of amides is 1. The minimum Gasteiger partial charge on any atom is -0.439 e. The van der Waals surface area contributed by atoms with Crippen LogP contribution < -0.4 is 10.1 Å². The Morgan fingerprint density at radius 3 is 2.52 bits per heavy atom. The molecule has 1 N–H and O–H groups in total. The molecule has 1 amide bonds. The van der Waals surface area contributed by atoms with Crippen molar-refractivity contribution < 1.29 is 9.53 Å². The molecule has 0 unspecified atom stereocenters. The average Bonchev–Trinajstić information content (AvgIpc) is 2.94. The summed E-state index contributed by atoms with van der Waals surface area (Å²) in [6, 6.07) is 10.9. The third kappa shape index (κ3) is 4.91. The Labute approximate surface area is 158 Å². The molecule has 1 aromatic carbocycles. The van der Waals surface area contributed by atoms with Gasteiger partial charge in [0.15, 0.2) is 5.82 Å². The molecule has 0 bridgehead atoms. The molecule has 0 saturated carbocycles. The summed E-state index contributed by atoms with van der Waals surface area (Å²) in [5, 5.41) is 7.29. The predicted molar refractivity (Wildman–Crippen MR) is 103 cm³/mol. The summed E-state index contributed by atoms with van der Waals surface area (Å²) in [5.41, 5.74) is 2.64. The van der Waals surface area contributed by atoms with Crippen molar-refractivity contribution in [2.45, 2.75) is 34.1 Å². The van der Waals surface area contributed by atoms with E-state index in [1.54, 1.807) is 35.0 Å². The number of carbonyl (C=O) groups is 1. The molecule has 7 heteroatoms. The maximum Gasteiger partial charge on any atom is 0.224 e. The van der Waals surface area contributed by atoms with E-state index >= 15 is 0 Å². The number of nitrogens with one attached hydrogen (secondary N) is 1. The Bertz CT molecular complexity index is 932. The summed E-state index contributed by atoms with van der Waals surface area (Å²) in [6.45, 7) is 7.93. The van der Waals surface area contributed by atoms with Crippen molar-refractivity contribution in [1.29, 1.82) is 0 Å². The summed E-state index contributed by atoms with van der Waals surface area (Å²) in [5.74, 6) is 2.01. The van der Waals surface area contributed by atoms with Crippen LogP contribution in [0.15, 0.2) is 42.7 Å². The second kappa shape index (κ2) is 7.99. The first-order chi connectivity index (χ1) is 12.9. The molecule has 2 heterocycles. The van der Waals surface area contributed by atoms with Crippen molar-refractivity contribution in [2.75, 3.05) is 5.32 Å². The zero-order valence-electron chi connectivity index (χ0n) is 15.9. The maximum absolute atomic E-state index is 11.8. The molecule has 7 nitrogen and oxygen atoms in total. The monoisotopic (exact) mass is 365 g/mol. The van der Waals surface area contributed by atoms with E-state index in [9.17, 15) is 4.79 Å². The van der Waals surface area contributed by atoms with Crippen LogP contribution in [0.25, 0.3) is 5.82 Å². The first kappa shape index (κ1) is 18.6. The van der Waals surface area contributed by atoms with Gasteiger partial charge >= 0.3 is 0 Å². The maximum atomic E-state index is 11.8. The molecule has 3 rings (SSSR count). The van der Waals surface area contributed by atoms with Gasteiger partial charge < -0.3 is 10.1 Å². The van der Waals surface area contributed by atoms with Gasteiger partial charge in [-0.2, -0.15) is 5.10 Å². The van der Waals surface area contributed by atoms with Gasteiger partial charge in [0, 0.05) is 23.9 Å². The summed E-state index contributed by atoms with van der Waals surface area (Å²) in [6.07, 6.45) is 1.94. The Hall–Kier alpha value is -3.22. The quantitative estimate of drug-likeness (QED) is 0.712. The number of hydrogen-bond donors (Lipinski definition) is 1. The highest BCUT2D eigenvalue weighted by Crippen LogP contribution is 2.23. The lowest BCUT2D eigenvalue weighted by Gasteiger charge is -2.09. The zero-order valence-corrected chi connectivity index (χ0v) is 15.9. The van der Waals surface area contributed by atoms with Crippen molar-refractivity contribution in [2.24, 2.45) is 5.92 Å². The van der Waals surface area contributed by atoms with Crippen LogP contribution >= 0.6 is 0 Å². The van der Waals surface area contributed by atoms with Gasteiger partial charge in [-0.3, -0.25) is 4.79 Å². The van der Waals surface area contributed by atoms with E-state index in [1.165, 1.54) is 6.33 Å². The molecule has 0 aliphatic carbocycles. The fourth-order valence-corrected chi connectivity index (χ4v) is 2.67. The highest BCUT2D eigenvalue weighted by molar-refractivity contribution is 5.90. The Morgan fingerprint density at radius 2 is 1.89 bits per heavy atom. The fourth-order valence-electron chi connectivity index (χ4n) is 2.67. The lowest BCUT2D eigenvalue weighted by atomic mass is 10.1. The number of nitrogens with zero attached hydrogens (tertiary/aromatic N) is 4. The van der Waals surface area contributed by atoms with Gasteiger partial charge in [0.25, 0.3) is 0 Å². The Kier molecular flexibility index (Phi) is 5.49. The van der Waals surface area contributed by atoms with Gasteiger partial charge in [-0.25, -0.2) is 14.6 Å². The summed E-state index contributed by atoms with van der Waals surface area (Å²) >= 11 is 0. The van der Waals surface area contributed by atoms with Gasteiger partial charge in [0.2, 0.25) is 11.8 Å². The Morgan fingerprint density at radius 1 is 1.15 bits per heavy atom. The molecule has 2 aromatic heterocycles. The van der Waals surface area contributed by atoms with Gasteiger partial charge in [-0.1, -0.05) is 13.8 Å². The van der Waals surface area contributed by atoms with E-state index in [2.05, 4.69) is 20.4 Å². The third-order valence-electron chi connectivity index (χ3n) is 3.81. The minimum atomic E-state index is 0.00370. The largest absolute Gasteiger partial charge is 0.439 e. The highest BCUT2D eigenvalue weighted by Gasteiger charge is 2.09. The van der Waals surface area contributed by atoms with E-state index in [-0.39, 0.29) is 5.91 Å². The van der Waals surface area contributed by atoms with Gasteiger partial charge in [0.1, 0.15) is 12.1 Å². The smallest absolute Gasteiger partial charge is 0.224 e. The SMILES string of the molecule is Cc1cc(C)n(-c2cc(Oc3ccc(NC(=O)CC(C)C)cc3)ncn2)n1. The molecule has 0 spiro atoms. The van der Waals surface area contributed by atoms with Gasteiger partial charge in [-0.05, 0) is 50.1 Å². The van der Waals surface area contributed by atoms with E-state index in [0.717, 1.165) is 17.1 Å². The second-order valence-corrected chi connectivity index (χ2v) is 6.83. The van der Waals surface area contributed by atoms with E-state index < -0.39 is 0 Å². The number of carbonyl (C=O) groups excluding carboxylic acids is 1. The van der Waals surface area contributed by atoms with E-state index in [0.29, 0.717) is 29.8 Å². The van der Waals surface area contributed by atoms with Crippen LogP contribution in [0.2, 0.25) is 0 Å². The zero-order chi connectivity index (χ0) is 19.4. The van der Waals surface area contributed by atoms with Crippen LogP contribution in [0, 0.1) is 19.8 Å². The van der Waals surface area contributed by atoms with Crippen LogP contribution in [-0.2, 0) is 4.79 Å². The topological polar surface area (TPSA) is 81.9 Å². The average molecular weight is 365 g/mol.